The van der Waals surface area contributed by atoms with Crippen LogP contribution < -0.4 is 0 Å². The highest BCUT2D eigenvalue weighted by Crippen LogP contribution is 2.51. The van der Waals surface area contributed by atoms with Gasteiger partial charge in [-0.3, -0.25) is 0 Å². The molecule has 0 amide bonds. The Bertz CT molecular complexity index is 6570. The quantitative estimate of drug-likeness (QED) is 0.128. The van der Waals surface area contributed by atoms with E-state index in [4.69, 9.17) is 0 Å². The van der Waals surface area contributed by atoms with Crippen molar-refractivity contribution < 1.29 is 52.7 Å². The molecule has 0 aliphatic heterocycles. The molecule has 0 spiro atoms. The van der Waals surface area contributed by atoms with Gasteiger partial charge in [0.05, 0.1) is 89.1 Å². The van der Waals surface area contributed by atoms with Gasteiger partial charge in [-0.2, -0.15) is 52.7 Å². The average Bonchev–Trinajstić information content (AvgIpc) is 1.55. The summed E-state index contributed by atoms with van der Waals surface area (Å²) in [4.78, 5) is 0. The van der Waals surface area contributed by atoms with Crippen LogP contribution in [0.3, 0.4) is 0 Å². The number of hydrogen-bond donors (Lipinski definition) is 0. The molecule has 0 bridgehead atoms. The van der Waals surface area contributed by atoms with Gasteiger partial charge in [-0.05, 0) is 228 Å². The monoisotopic (exact) mass is 1570 g/mol. The summed E-state index contributed by atoms with van der Waals surface area (Å²) in [5.41, 5.74) is 1.43. The molecule has 4 heterocycles. The number of para-hydroxylation sites is 2. The normalized spacial score (nSPS) is 13.6. The highest BCUT2D eigenvalue weighted by Gasteiger charge is 2.43. The van der Waals surface area contributed by atoms with Crippen LogP contribution in [-0.4, -0.2) is 18.3 Å². The minimum absolute atomic E-state index is 0.179. The highest BCUT2D eigenvalue weighted by atomic mass is 19.4. The van der Waals surface area contributed by atoms with Crippen LogP contribution in [0, 0.1) is 0 Å². The van der Waals surface area contributed by atoms with Crippen molar-refractivity contribution in [3.8, 4) is 45.0 Å². The molecule has 4 aromatic heterocycles. The number of halogens is 12. The predicted octanol–water partition coefficient (Wildman–Crippen LogP) is 30.5. The lowest BCUT2D eigenvalue weighted by molar-refractivity contribution is -0.138. The Balaban J connectivity index is 0.902. The molecule has 0 N–H and O–H groups in total. The molecule has 16 aromatic rings. The lowest BCUT2D eigenvalue weighted by Crippen LogP contribution is -2.24. The number of benzene rings is 12. The van der Waals surface area contributed by atoms with Crippen molar-refractivity contribution in [2.45, 2.75) is 181 Å². The number of hydrogen-bond acceptors (Lipinski definition) is 0. The van der Waals surface area contributed by atoms with E-state index in [0.717, 1.165) is 62.2 Å². The van der Waals surface area contributed by atoms with Crippen LogP contribution in [0.5, 0.6) is 0 Å². The number of aromatic nitrogens is 4. The Hall–Kier alpha value is -11.0. The van der Waals surface area contributed by atoms with Gasteiger partial charge in [-0.25, -0.2) is 0 Å². The predicted molar refractivity (Wildman–Crippen MR) is 451 cm³/mol. The van der Waals surface area contributed by atoms with Gasteiger partial charge in [0.25, 0.3) is 0 Å². The second-order valence-electron chi connectivity index (χ2n) is 37.3. The second-order valence-corrected chi connectivity index (χ2v) is 37.3. The van der Waals surface area contributed by atoms with Gasteiger partial charge in [0.15, 0.2) is 0 Å². The van der Waals surface area contributed by atoms with Gasteiger partial charge >= 0.3 is 24.7 Å². The Morgan fingerprint density at radius 3 is 0.741 bits per heavy atom. The summed E-state index contributed by atoms with van der Waals surface area (Å²) >= 11 is 0. The number of nitrogens with zero attached hydrogens (tertiary/aromatic N) is 4. The van der Waals surface area contributed by atoms with Crippen LogP contribution in [0.2, 0.25) is 0 Å². The Kier molecular flexibility index (Phi) is 18.0. The summed E-state index contributed by atoms with van der Waals surface area (Å²) in [6, 6.07) is 61.8. The largest absolute Gasteiger partial charge is 0.418 e. The molecule has 116 heavy (non-hydrogen) atoms. The van der Waals surface area contributed by atoms with Crippen LogP contribution in [0.4, 0.5) is 52.7 Å². The molecule has 0 radical (unpaired) electrons. The maximum Gasteiger partial charge on any atom is 0.418 e. The molecular formula is C100H90F12N4. The lowest BCUT2D eigenvalue weighted by Gasteiger charge is -2.29. The lowest BCUT2D eigenvalue weighted by atomic mass is 9.77. The van der Waals surface area contributed by atoms with E-state index in [2.05, 4.69) is 83.1 Å². The van der Waals surface area contributed by atoms with Crippen LogP contribution in [0.1, 0.15) is 179 Å². The van der Waals surface area contributed by atoms with E-state index >= 15 is 52.7 Å². The van der Waals surface area contributed by atoms with Crippen molar-refractivity contribution in [1.82, 2.24) is 18.3 Å². The Morgan fingerprint density at radius 1 is 0.216 bits per heavy atom. The molecule has 0 saturated carbocycles. The molecule has 594 valence electrons. The SMILES string of the molecule is CC(C)(C)c1ccc2c(c1)c1ccccc1n2-c1cc(-c2ccc(C(F)(F)F)c(-n3c4ccccc4c4cc(C(C)(C)Cc5cc(-c6ccc(C(F)(F)F)c(-n7c8ccc(C(C)(C)C)cc8c8cc(C(C)(C)C)ccc87)c6)cc(-n6c7ccc(C(C)(C)C)cc7c7cc(C(C)(C)C)ccc76)c5C(F)(F)F)ccc43)c2)ccc1C(F)(F)F. The van der Waals surface area contributed by atoms with E-state index in [1.165, 1.54) is 53.1 Å². The van der Waals surface area contributed by atoms with Gasteiger partial charge in [-0.1, -0.05) is 215 Å². The molecule has 0 aliphatic carbocycles. The summed E-state index contributed by atoms with van der Waals surface area (Å²) in [6.45, 7) is 34.5. The zero-order valence-electron chi connectivity index (χ0n) is 67.9. The van der Waals surface area contributed by atoms with Gasteiger partial charge < -0.3 is 18.3 Å². The van der Waals surface area contributed by atoms with Crippen LogP contribution >= 0.6 is 0 Å². The van der Waals surface area contributed by atoms with Crippen LogP contribution in [0.15, 0.2) is 224 Å². The minimum Gasteiger partial charge on any atom is -0.309 e. The number of fused-ring (bicyclic) bond motifs is 12. The Labute approximate surface area is 666 Å². The first-order valence-corrected chi connectivity index (χ1v) is 39.1. The van der Waals surface area contributed by atoms with Gasteiger partial charge in [0, 0.05) is 43.1 Å². The van der Waals surface area contributed by atoms with E-state index in [1.54, 1.807) is 88.2 Å². The maximum absolute atomic E-state index is 17.4. The number of rotatable bonds is 9. The van der Waals surface area contributed by atoms with Gasteiger partial charge in [0.2, 0.25) is 0 Å². The maximum atomic E-state index is 17.4. The van der Waals surface area contributed by atoms with Crippen molar-refractivity contribution in [1.29, 1.82) is 0 Å². The summed E-state index contributed by atoms with van der Waals surface area (Å²) in [7, 11) is 0. The standard InChI is InChI=1S/C100H90F12N4/c1-91(2,3)61-29-38-80-69(49-61)67-22-18-20-24-78(67)113(80)86-45-56(26-35-75(86)97(101,102)103)57-27-36-76(98(104,105)106)87(46-57)114-79-25-21-19-23-68(79)70-54-66(34-43-81(70)114)96(16,17)55-60-44-59(48-89(90(60)100(110,111)112)116-84-41-32-64(94(10,11)12)52-73(84)74-53-65(95(13,14)15)33-42-85(74)116)58-28-37-77(99(107,108)109)88(47-58)115-82-39-30-62(92(4,5)6)50-71(82)72-51-63(93(7,8)9)31-40-83(72)115/h18-54H,55H2,1-17H3. The third kappa shape index (κ3) is 13.6. The van der Waals surface area contributed by atoms with Crippen molar-refractivity contribution >= 4 is 87.2 Å². The summed E-state index contributed by atoms with van der Waals surface area (Å²) in [5, 5.41) is 5.25. The second kappa shape index (κ2) is 26.5. The number of alkyl halides is 12. The zero-order valence-corrected chi connectivity index (χ0v) is 67.9. The fourth-order valence-corrected chi connectivity index (χ4v) is 17.3. The first-order chi connectivity index (χ1) is 53.9. The Morgan fingerprint density at radius 2 is 0.457 bits per heavy atom. The van der Waals surface area contributed by atoms with Crippen molar-refractivity contribution in [3.05, 3.63) is 286 Å². The third-order valence-electron chi connectivity index (χ3n) is 23.6. The van der Waals surface area contributed by atoms with E-state index in [1.807, 2.05) is 118 Å². The first kappa shape index (κ1) is 78.9. The smallest absolute Gasteiger partial charge is 0.309 e. The zero-order chi connectivity index (χ0) is 83.4. The molecular weight excluding hydrogens is 1490 g/mol. The molecule has 0 unspecified atom stereocenters. The topological polar surface area (TPSA) is 19.7 Å². The molecule has 0 saturated heterocycles. The molecule has 12 aromatic carbocycles. The molecule has 0 aliphatic rings. The van der Waals surface area contributed by atoms with Gasteiger partial charge in [0.1, 0.15) is 0 Å². The first-order valence-electron chi connectivity index (χ1n) is 39.1. The fraction of sp³-hybridized carbons (Fsp3) is 0.280. The fourth-order valence-electron chi connectivity index (χ4n) is 17.3. The minimum atomic E-state index is -5.09. The molecule has 4 nitrogen and oxygen atoms in total. The van der Waals surface area contributed by atoms with Crippen LogP contribution in [0.25, 0.3) is 132 Å². The summed E-state index contributed by atoms with van der Waals surface area (Å²) in [5.74, 6) is 0. The van der Waals surface area contributed by atoms with Gasteiger partial charge in [-0.15, -0.1) is 0 Å². The molecule has 16 heteroatoms. The average molecular weight is 1580 g/mol. The van der Waals surface area contributed by atoms with E-state index in [9.17, 15) is 0 Å². The van der Waals surface area contributed by atoms with Crippen LogP contribution in [-0.2, 0) is 63.6 Å². The molecule has 16 rings (SSSR count). The highest BCUT2D eigenvalue weighted by molar-refractivity contribution is 6.13. The molecule has 0 atom stereocenters. The third-order valence-corrected chi connectivity index (χ3v) is 23.6. The van der Waals surface area contributed by atoms with E-state index in [-0.39, 0.29) is 84.1 Å². The van der Waals surface area contributed by atoms with E-state index in [0.29, 0.717) is 76.6 Å². The summed E-state index contributed by atoms with van der Waals surface area (Å²) in [6.07, 6.45) is -20.2. The van der Waals surface area contributed by atoms with Crippen molar-refractivity contribution in [2.75, 3.05) is 0 Å². The van der Waals surface area contributed by atoms with E-state index < -0.39 is 52.4 Å². The van der Waals surface area contributed by atoms with Crippen molar-refractivity contribution in [3.63, 3.8) is 0 Å². The van der Waals surface area contributed by atoms with Crippen molar-refractivity contribution in [2.24, 2.45) is 0 Å². The summed E-state index contributed by atoms with van der Waals surface area (Å²) < 4.78 is 202. The molecule has 0 fully saturated rings.